The molecule has 2 aromatic rings. The van der Waals surface area contributed by atoms with Crippen molar-refractivity contribution in [3.63, 3.8) is 0 Å². The fraction of sp³-hybridized carbons (Fsp3) is 0.0714. The van der Waals surface area contributed by atoms with Gasteiger partial charge >= 0.3 is 0 Å². The van der Waals surface area contributed by atoms with Crippen LogP contribution in [-0.2, 0) is 0 Å². The van der Waals surface area contributed by atoms with Gasteiger partial charge in [0.25, 0.3) is 11.6 Å². The Bertz CT molecular complexity index is 727. The fourth-order valence-electron chi connectivity index (χ4n) is 1.76. The largest absolute Gasteiger partial charge is 0.507 e. The Labute approximate surface area is 119 Å². The van der Waals surface area contributed by atoms with E-state index in [-0.39, 0.29) is 28.4 Å². The Balaban J connectivity index is 2.34. The smallest absolute Gasteiger partial charge is 0.270 e. The fourth-order valence-corrected chi connectivity index (χ4v) is 1.76. The van der Waals surface area contributed by atoms with E-state index in [0.29, 0.717) is 0 Å². The van der Waals surface area contributed by atoms with Crippen LogP contribution in [0, 0.1) is 17.0 Å². The van der Waals surface area contributed by atoms with Crippen molar-refractivity contribution in [2.45, 2.75) is 6.92 Å². The number of nitro benzene ring substituents is 1. The molecule has 1 amide bonds. The van der Waals surface area contributed by atoms with Gasteiger partial charge in [-0.25, -0.2) is 0 Å². The van der Waals surface area contributed by atoms with Crippen LogP contribution in [0.25, 0.3) is 0 Å². The number of nitrogens with zero attached hydrogens (tertiary/aromatic N) is 1. The molecule has 0 aromatic heterocycles. The third kappa shape index (κ3) is 3.08. The van der Waals surface area contributed by atoms with Crippen LogP contribution < -0.4 is 5.32 Å². The molecule has 21 heavy (non-hydrogen) atoms. The molecule has 0 unspecified atom stereocenters. The first kappa shape index (κ1) is 14.3. The zero-order valence-corrected chi connectivity index (χ0v) is 11.0. The molecule has 7 heteroatoms. The molecule has 0 spiro atoms. The monoisotopic (exact) mass is 288 g/mol. The summed E-state index contributed by atoms with van der Waals surface area (Å²) in [6.45, 7) is 1.78. The minimum absolute atomic E-state index is 0.140. The van der Waals surface area contributed by atoms with Gasteiger partial charge in [-0.1, -0.05) is 6.07 Å². The van der Waals surface area contributed by atoms with E-state index in [2.05, 4.69) is 5.32 Å². The van der Waals surface area contributed by atoms with Crippen molar-refractivity contribution in [2.24, 2.45) is 0 Å². The van der Waals surface area contributed by atoms with E-state index in [1.54, 1.807) is 19.1 Å². The van der Waals surface area contributed by atoms with Crippen LogP contribution in [-0.4, -0.2) is 21.0 Å². The summed E-state index contributed by atoms with van der Waals surface area (Å²) >= 11 is 0. The molecule has 0 bridgehead atoms. The highest BCUT2D eigenvalue weighted by atomic mass is 16.6. The summed E-state index contributed by atoms with van der Waals surface area (Å²) in [5.41, 5.74) is 0.411. The number of benzene rings is 2. The van der Waals surface area contributed by atoms with E-state index < -0.39 is 10.8 Å². The molecular formula is C14H12N2O5. The first-order valence-electron chi connectivity index (χ1n) is 5.97. The number of nitrogens with one attached hydrogen (secondary N) is 1. The van der Waals surface area contributed by atoms with E-state index in [9.17, 15) is 25.1 Å². The first-order chi connectivity index (χ1) is 9.88. The summed E-state index contributed by atoms with van der Waals surface area (Å²) in [5.74, 6) is -1.28. The van der Waals surface area contributed by atoms with Gasteiger partial charge < -0.3 is 15.5 Å². The number of amides is 1. The SMILES string of the molecule is Cc1ccc(O)c(NC(=O)c2cc([N+](=O)[O-])ccc2O)c1. The number of aromatic hydroxyl groups is 2. The summed E-state index contributed by atoms with van der Waals surface area (Å²) in [6, 6.07) is 7.76. The zero-order chi connectivity index (χ0) is 15.6. The number of nitro groups is 1. The van der Waals surface area contributed by atoms with Crippen molar-refractivity contribution in [1.29, 1.82) is 0 Å². The average molecular weight is 288 g/mol. The standard InChI is InChI=1S/C14H12N2O5/c1-8-2-4-13(18)11(6-8)15-14(19)10-7-9(16(20)21)3-5-12(10)17/h2-7,17-18H,1H3,(H,15,19). The maximum absolute atomic E-state index is 12.1. The molecule has 2 aromatic carbocycles. The molecule has 2 rings (SSSR count). The lowest BCUT2D eigenvalue weighted by atomic mass is 10.1. The van der Waals surface area contributed by atoms with E-state index in [0.717, 1.165) is 23.8 Å². The van der Waals surface area contributed by atoms with Gasteiger partial charge in [0.15, 0.2) is 0 Å². The van der Waals surface area contributed by atoms with Crippen LogP contribution in [0.2, 0.25) is 0 Å². The van der Waals surface area contributed by atoms with Crippen molar-refractivity contribution in [1.82, 2.24) is 0 Å². The van der Waals surface area contributed by atoms with E-state index >= 15 is 0 Å². The summed E-state index contributed by atoms with van der Waals surface area (Å²) in [7, 11) is 0. The van der Waals surface area contributed by atoms with Crippen molar-refractivity contribution in [3.8, 4) is 11.5 Å². The summed E-state index contributed by atoms with van der Waals surface area (Å²) in [4.78, 5) is 22.1. The number of carbonyl (C=O) groups is 1. The molecule has 0 atom stereocenters. The lowest BCUT2D eigenvalue weighted by molar-refractivity contribution is -0.384. The summed E-state index contributed by atoms with van der Waals surface area (Å²) in [6.07, 6.45) is 0. The van der Waals surface area contributed by atoms with Crippen molar-refractivity contribution in [3.05, 3.63) is 57.6 Å². The van der Waals surface area contributed by atoms with Gasteiger partial charge in [0.05, 0.1) is 16.2 Å². The second-order valence-electron chi connectivity index (χ2n) is 4.43. The molecule has 3 N–H and O–H groups in total. The number of non-ortho nitro benzene ring substituents is 1. The molecule has 0 saturated carbocycles. The molecule has 0 aliphatic rings. The van der Waals surface area contributed by atoms with Gasteiger partial charge in [0, 0.05) is 12.1 Å². The van der Waals surface area contributed by atoms with Crippen LogP contribution >= 0.6 is 0 Å². The van der Waals surface area contributed by atoms with E-state index in [1.807, 2.05) is 0 Å². The highest BCUT2D eigenvalue weighted by Crippen LogP contribution is 2.27. The highest BCUT2D eigenvalue weighted by Gasteiger charge is 2.17. The van der Waals surface area contributed by atoms with Gasteiger partial charge in [-0.15, -0.1) is 0 Å². The molecule has 0 saturated heterocycles. The number of anilines is 1. The minimum atomic E-state index is -0.753. The average Bonchev–Trinajstić information content (AvgIpc) is 2.43. The molecule has 0 heterocycles. The number of phenolic OH excluding ortho intramolecular Hbond substituents is 2. The number of carbonyl (C=O) groups excluding carboxylic acids is 1. The molecule has 0 aliphatic carbocycles. The first-order valence-corrected chi connectivity index (χ1v) is 5.97. The molecular weight excluding hydrogens is 276 g/mol. The predicted molar refractivity (Wildman–Crippen MR) is 75.6 cm³/mol. The second kappa shape index (κ2) is 5.49. The Morgan fingerprint density at radius 3 is 2.48 bits per heavy atom. The van der Waals surface area contributed by atoms with Crippen LogP contribution in [0.5, 0.6) is 11.5 Å². The highest BCUT2D eigenvalue weighted by molar-refractivity contribution is 6.07. The molecule has 7 nitrogen and oxygen atoms in total. The van der Waals surface area contributed by atoms with E-state index in [1.165, 1.54) is 6.07 Å². The number of rotatable bonds is 3. The Hall–Kier alpha value is -3.09. The molecule has 0 radical (unpaired) electrons. The van der Waals surface area contributed by atoms with Crippen LogP contribution in [0.3, 0.4) is 0 Å². The summed E-state index contributed by atoms with van der Waals surface area (Å²) < 4.78 is 0. The van der Waals surface area contributed by atoms with Crippen molar-refractivity contribution in [2.75, 3.05) is 5.32 Å². The van der Waals surface area contributed by atoms with Gasteiger partial charge in [-0.3, -0.25) is 14.9 Å². The maximum Gasteiger partial charge on any atom is 0.270 e. The molecule has 0 fully saturated rings. The molecule has 0 aliphatic heterocycles. The van der Waals surface area contributed by atoms with Gasteiger partial charge in [-0.2, -0.15) is 0 Å². The number of hydrogen-bond acceptors (Lipinski definition) is 5. The van der Waals surface area contributed by atoms with Gasteiger partial charge in [0.1, 0.15) is 11.5 Å². The van der Waals surface area contributed by atoms with Crippen LogP contribution in [0.4, 0.5) is 11.4 Å². The zero-order valence-electron chi connectivity index (χ0n) is 11.0. The number of hydrogen-bond donors (Lipinski definition) is 3. The topological polar surface area (TPSA) is 113 Å². The van der Waals surface area contributed by atoms with Crippen molar-refractivity contribution >= 4 is 17.3 Å². The Morgan fingerprint density at radius 1 is 1.14 bits per heavy atom. The molecule has 108 valence electrons. The lowest BCUT2D eigenvalue weighted by Gasteiger charge is -2.09. The maximum atomic E-state index is 12.1. The Morgan fingerprint density at radius 2 is 1.81 bits per heavy atom. The third-order valence-corrected chi connectivity index (χ3v) is 2.84. The van der Waals surface area contributed by atoms with Gasteiger partial charge in [0.2, 0.25) is 0 Å². The Kier molecular flexibility index (Phi) is 3.75. The lowest BCUT2D eigenvalue weighted by Crippen LogP contribution is -2.12. The predicted octanol–water partition coefficient (Wildman–Crippen LogP) is 2.57. The van der Waals surface area contributed by atoms with Gasteiger partial charge in [-0.05, 0) is 30.7 Å². The van der Waals surface area contributed by atoms with E-state index in [4.69, 9.17) is 0 Å². The van der Waals surface area contributed by atoms with Crippen LogP contribution in [0.15, 0.2) is 36.4 Å². The second-order valence-corrected chi connectivity index (χ2v) is 4.43. The quantitative estimate of drug-likeness (QED) is 0.456. The summed E-state index contributed by atoms with van der Waals surface area (Å²) in [5, 5.41) is 32.4. The van der Waals surface area contributed by atoms with Crippen molar-refractivity contribution < 1.29 is 19.9 Å². The number of aryl methyl sites for hydroxylation is 1. The number of phenols is 2. The minimum Gasteiger partial charge on any atom is -0.507 e. The third-order valence-electron chi connectivity index (χ3n) is 2.84. The normalized spacial score (nSPS) is 10.1. The van der Waals surface area contributed by atoms with Crippen LogP contribution in [0.1, 0.15) is 15.9 Å².